The summed E-state index contributed by atoms with van der Waals surface area (Å²) in [6.45, 7) is 2.74. The summed E-state index contributed by atoms with van der Waals surface area (Å²) in [6.07, 6.45) is 0. The van der Waals surface area contributed by atoms with Crippen molar-refractivity contribution in [1.29, 1.82) is 0 Å². The van der Waals surface area contributed by atoms with Gasteiger partial charge in [0.2, 0.25) is 0 Å². The van der Waals surface area contributed by atoms with Crippen molar-refractivity contribution in [3.63, 3.8) is 0 Å². The molecule has 0 unspecified atom stereocenters. The molecule has 0 radical (unpaired) electrons. The van der Waals surface area contributed by atoms with Crippen LogP contribution in [-0.4, -0.2) is 26.9 Å². The molecule has 0 bridgehead atoms. The third-order valence-corrected chi connectivity index (χ3v) is 3.98. The fourth-order valence-corrected chi connectivity index (χ4v) is 2.88. The fraction of sp³-hybridized carbons (Fsp3) is 0.250. The van der Waals surface area contributed by atoms with E-state index in [9.17, 15) is 0 Å². The molecule has 0 amide bonds. The van der Waals surface area contributed by atoms with Crippen LogP contribution in [0.2, 0.25) is 0 Å². The molecule has 0 aliphatic heterocycles. The van der Waals surface area contributed by atoms with Gasteiger partial charge in [-0.25, -0.2) is 4.98 Å². The van der Waals surface area contributed by atoms with Gasteiger partial charge in [0.05, 0.1) is 13.7 Å². The molecule has 0 spiro atoms. The van der Waals surface area contributed by atoms with Crippen LogP contribution in [0.15, 0.2) is 54.6 Å². The number of fused-ring (bicyclic) bond motifs is 1. The van der Waals surface area contributed by atoms with Gasteiger partial charge in [-0.2, -0.15) is 0 Å². The lowest BCUT2D eigenvalue weighted by Gasteiger charge is -2.11. The largest absolute Gasteiger partial charge is 0.497 e. The number of hydrogen-bond donors (Lipinski definition) is 1. The smallest absolute Gasteiger partial charge is 0.273 e. The van der Waals surface area contributed by atoms with Crippen LogP contribution in [0.3, 0.4) is 0 Å². The van der Waals surface area contributed by atoms with Crippen LogP contribution in [0.4, 0.5) is 5.82 Å². The maximum Gasteiger partial charge on any atom is 0.273 e. The van der Waals surface area contributed by atoms with Crippen LogP contribution in [0.1, 0.15) is 6.92 Å². The molecule has 4 nitrogen and oxygen atoms in total. The van der Waals surface area contributed by atoms with E-state index >= 15 is 0 Å². The minimum Gasteiger partial charge on any atom is -0.497 e. The maximum absolute atomic E-state index is 5.37. The molecule has 0 aliphatic rings. The molecule has 0 aliphatic carbocycles. The zero-order valence-corrected chi connectivity index (χ0v) is 14.3. The minimum atomic E-state index is 0.206. The highest BCUT2D eigenvalue weighted by molar-refractivity contribution is 5.94. The lowest BCUT2D eigenvalue weighted by molar-refractivity contribution is -0.327. The molecule has 3 aromatic rings. The summed E-state index contributed by atoms with van der Waals surface area (Å²) in [5.74, 6) is 1.79. The number of rotatable bonds is 6. The summed E-state index contributed by atoms with van der Waals surface area (Å²) >= 11 is 0. The molecular formula is C20H23N2O2+. The molecule has 1 atom stereocenters. The monoisotopic (exact) mass is 323 g/mol. The molecule has 1 aromatic heterocycles. The van der Waals surface area contributed by atoms with Crippen molar-refractivity contribution in [2.24, 2.45) is 0 Å². The second-order valence-electron chi connectivity index (χ2n) is 5.87. The Morgan fingerprint density at radius 1 is 1.04 bits per heavy atom. The Hall–Kier alpha value is -2.59. The predicted octanol–water partition coefficient (Wildman–Crippen LogP) is 3.78. The molecule has 2 aromatic carbocycles. The van der Waals surface area contributed by atoms with Gasteiger partial charge in [0.25, 0.3) is 5.82 Å². The van der Waals surface area contributed by atoms with Gasteiger partial charge in [0, 0.05) is 30.2 Å². The zero-order valence-electron chi connectivity index (χ0n) is 14.3. The van der Waals surface area contributed by atoms with E-state index in [2.05, 4.69) is 53.6 Å². The topological polar surface area (TPSA) is 44.6 Å². The van der Waals surface area contributed by atoms with Gasteiger partial charge >= 0.3 is 0 Å². The Kier molecular flexibility index (Phi) is 4.96. The lowest BCUT2D eigenvalue weighted by Crippen LogP contribution is -2.25. The van der Waals surface area contributed by atoms with E-state index in [4.69, 9.17) is 9.47 Å². The quantitative estimate of drug-likeness (QED) is 0.751. The van der Waals surface area contributed by atoms with Gasteiger partial charge in [0.15, 0.2) is 0 Å². The summed E-state index contributed by atoms with van der Waals surface area (Å²) < 4.78 is 10.6. The molecular weight excluding hydrogens is 300 g/mol. The summed E-state index contributed by atoms with van der Waals surface area (Å²) in [5, 5.41) is 4.62. The van der Waals surface area contributed by atoms with E-state index in [-0.39, 0.29) is 6.04 Å². The summed E-state index contributed by atoms with van der Waals surface area (Å²) in [5.41, 5.74) is 3.39. The molecule has 2 N–H and O–H groups in total. The summed E-state index contributed by atoms with van der Waals surface area (Å²) in [4.78, 5) is 3.45. The van der Waals surface area contributed by atoms with E-state index in [0.717, 1.165) is 22.5 Å². The van der Waals surface area contributed by atoms with Crippen LogP contribution in [0, 0.1) is 0 Å². The van der Waals surface area contributed by atoms with Crippen molar-refractivity contribution in [3.05, 3.63) is 54.6 Å². The van der Waals surface area contributed by atoms with Crippen LogP contribution in [0.5, 0.6) is 5.75 Å². The zero-order chi connectivity index (χ0) is 16.9. The average Bonchev–Trinajstić information content (AvgIpc) is 2.61. The number of nitrogens with one attached hydrogen (secondary N) is 2. The SMILES string of the molecule is COC[C@@H](C)Nc1cc(-c2ccccc2)c2ccc(OC)cc2[nH+]1. The minimum absolute atomic E-state index is 0.206. The molecule has 24 heavy (non-hydrogen) atoms. The Labute approximate surface area is 142 Å². The third-order valence-electron chi connectivity index (χ3n) is 3.98. The number of methoxy groups -OCH3 is 2. The number of benzene rings is 2. The van der Waals surface area contributed by atoms with E-state index in [0.29, 0.717) is 6.61 Å². The van der Waals surface area contributed by atoms with Crippen molar-refractivity contribution in [2.45, 2.75) is 13.0 Å². The first-order valence-electron chi connectivity index (χ1n) is 8.06. The Balaban J connectivity index is 2.13. The number of pyridine rings is 1. The van der Waals surface area contributed by atoms with E-state index in [1.165, 1.54) is 11.1 Å². The molecule has 1 heterocycles. The highest BCUT2D eigenvalue weighted by atomic mass is 16.5. The number of ether oxygens (including phenoxy) is 2. The Morgan fingerprint density at radius 2 is 1.83 bits per heavy atom. The van der Waals surface area contributed by atoms with Crippen molar-refractivity contribution in [1.82, 2.24) is 0 Å². The first kappa shape index (κ1) is 16.3. The van der Waals surface area contributed by atoms with Crippen molar-refractivity contribution < 1.29 is 14.5 Å². The standard InChI is InChI=1S/C20H22N2O2/c1-14(13-23-2)21-20-12-18(15-7-5-4-6-8-15)17-10-9-16(24-3)11-19(17)22-20/h4-12,14H,13H2,1-3H3,(H,21,22)/p+1/t14-/m1/s1. The molecule has 124 valence electrons. The number of aromatic nitrogens is 1. The molecule has 0 fully saturated rings. The van der Waals surface area contributed by atoms with Gasteiger partial charge in [-0.1, -0.05) is 30.3 Å². The third kappa shape index (κ3) is 3.49. The Bertz CT molecular complexity index is 818. The van der Waals surface area contributed by atoms with Crippen LogP contribution in [0.25, 0.3) is 22.0 Å². The number of H-pyrrole nitrogens is 1. The predicted molar refractivity (Wildman–Crippen MR) is 97.5 cm³/mol. The van der Waals surface area contributed by atoms with Gasteiger partial charge < -0.3 is 9.47 Å². The maximum atomic E-state index is 5.37. The highest BCUT2D eigenvalue weighted by Crippen LogP contribution is 2.30. The second-order valence-corrected chi connectivity index (χ2v) is 5.87. The van der Waals surface area contributed by atoms with Crippen molar-refractivity contribution in [2.75, 3.05) is 26.1 Å². The molecule has 3 rings (SSSR count). The van der Waals surface area contributed by atoms with Crippen molar-refractivity contribution in [3.8, 4) is 16.9 Å². The average molecular weight is 323 g/mol. The normalized spacial score (nSPS) is 12.1. The van der Waals surface area contributed by atoms with Crippen LogP contribution in [-0.2, 0) is 4.74 Å². The van der Waals surface area contributed by atoms with Crippen LogP contribution < -0.4 is 15.0 Å². The first-order chi connectivity index (χ1) is 11.7. The molecule has 0 saturated heterocycles. The van der Waals surface area contributed by atoms with Crippen molar-refractivity contribution >= 4 is 16.7 Å². The number of anilines is 1. The highest BCUT2D eigenvalue weighted by Gasteiger charge is 2.15. The van der Waals surface area contributed by atoms with Gasteiger partial charge in [-0.05, 0) is 24.6 Å². The molecule has 0 saturated carbocycles. The number of hydrogen-bond acceptors (Lipinski definition) is 3. The molecule has 4 heteroatoms. The first-order valence-corrected chi connectivity index (χ1v) is 8.06. The fourth-order valence-electron chi connectivity index (χ4n) is 2.88. The van der Waals surface area contributed by atoms with Gasteiger partial charge in [-0.3, -0.25) is 5.32 Å². The summed E-state index contributed by atoms with van der Waals surface area (Å²) in [7, 11) is 3.39. The second kappa shape index (κ2) is 7.32. The Morgan fingerprint density at radius 3 is 2.54 bits per heavy atom. The van der Waals surface area contributed by atoms with Gasteiger partial charge in [-0.15, -0.1) is 0 Å². The van der Waals surface area contributed by atoms with E-state index < -0.39 is 0 Å². The van der Waals surface area contributed by atoms with E-state index in [1.54, 1.807) is 14.2 Å². The lowest BCUT2D eigenvalue weighted by atomic mass is 10.0. The summed E-state index contributed by atoms with van der Waals surface area (Å²) in [6, 6.07) is 18.9. The van der Waals surface area contributed by atoms with Crippen LogP contribution >= 0.6 is 0 Å². The number of aromatic amines is 1. The van der Waals surface area contributed by atoms with E-state index in [1.807, 2.05) is 18.2 Å². The van der Waals surface area contributed by atoms with Gasteiger partial charge in [0.1, 0.15) is 17.3 Å².